The Hall–Kier alpha value is -1.15. The summed E-state index contributed by atoms with van der Waals surface area (Å²) in [5, 5.41) is 0. The maximum atomic E-state index is 10.3. The van der Waals surface area contributed by atoms with Crippen LogP contribution >= 0.6 is 0 Å². The molecule has 0 radical (unpaired) electrons. The van der Waals surface area contributed by atoms with Crippen molar-refractivity contribution in [3.8, 4) is 0 Å². The Morgan fingerprint density at radius 1 is 1.36 bits per heavy atom. The molecule has 0 aliphatic heterocycles. The van der Waals surface area contributed by atoms with Gasteiger partial charge in [0.1, 0.15) is 6.29 Å². The van der Waals surface area contributed by atoms with Crippen LogP contribution in [0.5, 0.6) is 0 Å². The average Bonchev–Trinajstić information content (AvgIpc) is 2.16. The van der Waals surface area contributed by atoms with Crippen LogP contribution in [0.1, 0.15) is 25.0 Å². The molecule has 0 heterocycles. The molecule has 2 heteroatoms. The van der Waals surface area contributed by atoms with Crippen molar-refractivity contribution in [1.82, 2.24) is 0 Å². The van der Waals surface area contributed by atoms with Crippen LogP contribution in [0.4, 0.5) is 0 Å². The van der Waals surface area contributed by atoms with Crippen LogP contribution in [-0.4, -0.2) is 12.4 Å². The lowest BCUT2D eigenvalue weighted by Gasteiger charge is -2.07. The first-order chi connectivity index (χ1) is 6.72. The van der Waals surface area contributed by atoms with Crippen LogP contribution in [0.2, 0.25) is 0 Å². The van der Waals surface area contributed by atoms with E-state index in [0.717, 1.165) is 17.4 Å². The third-order valence-electron chi connectivity index (χ3n) is 1.89. The summed E-state index contributed by atoms with van der Waals surface area (Å²) in [4.78, 5) is 10.3. The molecule has 14 heavy (non-hydrogen) atoms. The summed E-state index contributed by atoms with van der Waals surface area (Å²) >= 11 is 0. The van der Waals surface area contributed by atoms with E-state index in [1.807, 2.05) is 38.1 Å². The van der Waals surface area contributed by atoms with Gasteiger partial charge in [-0.05, 0) is 25.0 Å². The third kappa shape index (κ3) is 3.71. The van der Waals surface area contributed by atoms with Crippen LogP contribution in [0, 0.1) is 0 Å². The topological polar surface area (TPSA) is 26.3 Å². The molecule has 0 aromatic heterocycles. The Balaban J connectivity index is 2.58. The molecule has 0 aliphatic rings. The van der Waals surface area contributed by atoms with Gasteiger partial charge in [0.25, 0.3) is 0 Å². The Kier molecular flexibility index (Phi) is 4.33. The van der Waals surface area contributed by atoms with E-state index in [-0.39, 0.29) is 6.10 Å². The predicted molar refractivity (Wildman–Crippen MR) is 56.1 cm³/mol. The third-order valence-corrected chi connectivity index (χ3v) is 1.89. The smallest absolute Gasteiger partial charge is 0.124 e. The monoisotopic (exact) mass is 192 g/mol. The van der Waals surface area contributed by atoms with E-state index in [9.17, 15) is 4.79 Å². The van der Waals surface area contributed by atoms with Crippen molar-refractivity contribution >= 4 is 6.29 Å². The summed E-state index contributed by atoms with van der Waals surface area (Å²) < 4.78 is 5.47. The molecule has 0 N–H and O–H groups in total. The van der Waals surface area contributed by atoms with Gasteiger partial charge >= 0.3 is 0 Å². The van der Waals surface area contributed by atoms with Gasteiger partial charge < -0.3 is 9.53 Å². The molecular formula is C12H16O2. The van der Waals surface area contributed by atoms with Crippen molar-refractivity contribution in [2.45, 2.75) is 33.0 Å². The van der Waals surface area contributed by atoms with Gasteiger partial charge in [-0.25, -0.2) is 0 Å². The van der Waals surface area contributed by atoms with E-state index in [4.69, 9.17) is 4.74 Å². The lowest BCUT2D eigenvalue weighted by Crippen LogP contribution is -2.02. The van der Waals surface area contributed by atoms with Crippen molar-refractivity contribution in [3.05, 3.63) is 35.4 Å². The fourth-order valence-electron chi connectivity index (χ4n) is 1.21. The molecule has 0 unspecified atom stereocenters. The number of carbonyl (C=O) groups excluding carboxylic acids is 1. The number of ether oxygens (including phenoxy) is 1. The van der Waals surface area contributed by atoms with Crippen molar-refractivity contribution in [3.63, 3.8) is 0 Å². The maximum absolute atomic E-state index is 10.3. The fraction of sp³-hybridized carbons (Fsp3) is 0.417. The highest BCUT2D eigenvalue weighted by Crippen LogP contribution is 2.07. The van der Waals surface area contributed by atoms with Gasteiger partial charge in [-0.15, -0.1) is 0 Å². The molecule has 0 spiro atoms. The first-order valence-corrected chi connectivity index (χ1v) is 4.85. The summed E-state index contributed by atoms with van der Waals surface area (Å²) in [7, 11) is 0. The van der Waals surface area contributed by atoms with E-state index >= 15 is 0 Å². The number of carbonyl (C=O) groups is 1. The molecule has 1 rings (SSSR count). The minimum Gasteiger partial charge on any atom is -0.374 e. The summed E-state index contributed by atoms with van der Waals surface area (Å²) in [6.07, 6.45) is 1.64. The molecule has 0 amide bonds. The van der Waals surface area contributed by atoms with Crippen molar-refractivity contribution in [2.75, 3.05) is 0 Å². The Morgan fingerprint density at radius 2 is 2.07 bits per heavy atom. The molecule has 0 fully saturated rings. The highest BCUT2D eigenvalue weighted by atomic mass is 16.5. The van der Waals surface area contributed by atoms with Crippen LogP contribution in [0.15, 0.2) is 24.3 Å². The van der Waals surface area contributed by atoms with Crippen LogP contribution in [0.3, 0.4) is 0 Å². The normalized spacial score (nSPS) is 10.5. The van der Waals surface area contributed by atoms with Crippen LogP contribution in [-0.2, 0) is 22.6 Å². The quantitative estimate of drug-likeness (QED) is 0.669. The predicted octanol–water partition coefficient (Wildman–Crippen LogP) is 2.35. The minimum absolute atomic E-state index is 0.240. The number of hydrogen-bond donors (Lipinski definition) is 0. The summed E-state index contributed by atoms with van der Waals surface area (Å²) in [5.74, 6) is 0. The van der Waals surface area contributed by atoms with Gasteiger partial charge in [0.05, 0.1) is 12.7 Å². The zero-order valence-electron chi connectivity index (χ0n) is 8.69. The maximum Gasteiger partial charge on any atom is 0.124 e. The second-order valence-corrected chi connectivity index (χ2v) is 3.55. The number of benzene rings is 1. The Morgan fingerprint density at radius 3 is 2.71 bits per heavy atom. The fourth-order valence-corrected chi connectivity index (χ4v) is 1.21. The lowest BCUT2D eigenvalue weighted by molar-refractivity contribution is -0.107. The standard InChI is InChI=1S/C12H16O2/c1-10(2)14-9-12-5-3-4-11(8-12)6-7-13/h3-5,7-8,10H,6,9H2,1-2H3. The van der Waals surface area contributed by atoms with E-state index in [0.29, 0.717) is 13.0 Å². The largest absolute Gasteiger partial charge is 0.374 e. The number of hydrogen-bond acceptors (Lipinski definition) is 2. The molecule has 0 saturated heterocycles. The lowest BCUT2D eigenvalue weighted by atomic mass is 10.1. The second-order valence-electron chi connectivity index (χ2n) is 3.55. The van der Waals surface area contributed by atoms with Crippen molar-refractivity contribution < 1.29 is 9.53 Å². The van der Waals surface area contributed by atoms with Gasteiger partial charge in [0.15, 0.2) is 0 Å². The van der Waals surface area contributed by atoms with Crippen LogP contribution < -0.4 is 0 Å². The molecule has 76 valence electrons. The molecular weight excluding hydrogens is 176 g/mol. The first kappa shape index (κ1) is 10.9. The second kappa shape index (κ2) is 5.55. The minimum atomic E-state index is 0.240. The van der Waals surface area contributed by atoms with Gasteiger partial charge in [0.2, 0.25) is 0 Å². The summed E-state index contributed by atoms with van der Waals surface area (Å²) in [6.45, 7) is 4.63. The van der Waals surface area contributed by atoms with E-state index in [1.165, 1.54) is 0 Å². The molecule has 0 saturated carbocycles. The summed E-state index contributed by atoms with van der Waals surface area (Å²) in [5.41, 5.74) is 2.17. The van der Waals surface area contributed by atoms with Crippen molar-refractivity contribution in [1.29, 1.82) is 0 Å². The SMILES string of the molecule is CC(C)OCc1cccc(CC=O)c1. The van der Waals surface area contributed by atoms with E-state index in [2.05, 4.69) is 0 Å². The van der Waals surface area contributed by atoms with Crippen molar-refractivity contribution in [2.24, 2.45) is 0 Å². The Bertz CT molecular complexity index is 292. The molecule has 0 aliphatic carbocycles. The first-order valence-electron chi connectivity index (χ1n) is 4.85. The van der Waals surface area contributed by atoms with E-state index < -0.39 is 0 Å². The van der Waals surface area contributed by atoms with Gasteiger partial charge in [-0.1, -0.05) is 24.3 Å². The van der Waals surface area contributed by atoms with Gasteiger partial charge in [-0.3, -0.25) is 0 Å². The van der Waals surface area contributed by atoms with E-state index in [1.54, 1.807) is 0 Å². The van der Waals surface area contributed by atoms with Gasteiger partial charge in [0, 0.05) is 6.42 Å². The number of rotatable bonds is 5. The molecule has 0 bridgehead atoms. The highest BCUT2D eigenvalue weighted by molar-refractivity contribution is 5.55. The van der Waals surface area contributed by atoms with Gasteiger partial charge in [-0.2, -0.15) is 0 Å². The zero-order chi connectivity index (χ0) is 10.4. The molecule has 0 atom stereocenters. The zero-order valence-corrected chi connectivity index (χ0v) is 8.69. The molecule has 2 nitrogen and oxygen atoms in total. The molecule has 1 aromatic rings. The Labute approximate surface area is 84.9 Å². The van der Waals surface area contributed by atoms with Crippen LogP contribution in [0.25, 0.3) is 0 Å². The number of aldehydes is 1. The highest BCUT2D eigenvalue weighted by Gasteiger charge is 1.97. The molecule has 1 aromatic carbocycles. The average molecular weight is 192 g/mol. The summed E-state index contributed by atoms with van der Waals surface area (Å²) in [6, 6.07) is 7.93.